The van der Waals surface area contributed by atoms with Gasteiger partial charge in [-0.05, 0) is 0 Å². The van der Waals surface area contributed by atoms with E-state index >= 15 is 0 Å². The maximum Gasteiger partial charge on any atom is 0.319 e. The second kappa shape index (κ2) is 6.62. The van der Waals surface area contributed by atoms with Crippen LogP contribution in [0.2, 0.25) is 0 Å². The van der Waals surface area contributed by atoms with Gasteiger partial charge < -0.3 is 5.32 Å². The molecule has 2 aromatic rings. The zero-order valence-electron chi connectivity index (χ0n) is 9.79. The third-order valence-corrected chi connectivity index (χ3v) is 4.10. The lowest BCUT2D eigenvalue weighted by atomic mass is 10.6. The number of rotatable bonds is 7. The van der Waals surface area contributed by atoms with Crippen LogP contribution in [0.5, 0.6) is 0 Å². The van der Waals surface area contributed by atoms with Gasteiger partial charge in [-0.25, -0.2) is 4.98 Å². The van der Waals surface area contributed by atoms with E-state index in [0.717, 1.165) is 4.57 Å². The van der Waals surface area contributed by atoms with Crippen molar-refractivity contribution in [2.45, 2.75) is 16.6 Å². The summed E-state index contributed by atoms with van der Waals surface area (Å²) in [5, 5.41) is 11.6. The Morgan fingerprint density at radius 3 is 3.11 bits per heavy atom. The highest BCUT2D eigenvalue weighted by Gasteiger charge is 2.12. The molecule has 1 N–H and O–H groups in total. The van der Waals surface area contributed by atoms with Crippen LogP contribution in [0.15, 0.2) is 29.4 Å². The molecule has 0 aliphatic heterocycles. The van der Waals surface area contributed by atoms with Gasteiger partial charge in [0.15, 0.2) is 4.34 Å². The summed E-state index contributed by atoms with van der Waals surface area (Å²) in [4.78, 5) is 3.90. The summed E-state index contributed by atoms with van der Waals surface area (Å²) in [5.74, 6) is 0.642. The molecule has 0 aliphatic carbocycles. The smallest absolute Gasteiger partial charge is 0.319 e. The number of nitrogens with zero attached hydrogens (tertiary/aromatic N) is 4. The van der Waals surface area contributed by atoms with Crippen molar-refractivity contribution < 1.29 is 8.78 Å². The van der Waals surface area contributed by atoms with E-state index in [2.05, 4.69) is 27.1 Å². The Balaban J connectivity index is 1.93. The highest BCUT2D eigenvalue weighted by atomic mass is 32.2. The lowest BCUT2D eigenvalue weighted by Gasteiger charge is -2.04. The van der Waals surface area contributed by atoms with Gasteiger partial charge in [-0.1, -0.05) is 29.2 Å². The number of halogens is 2. The van der Waals surface area contributed by atoms with Gasteiger partial charge in [-0.2, -0.15) is 8.78 Å². The van der Waals surface area contributed by atoms with Crippen molar-refractivity contribution in [1.82, 2.24) is 19.7 Å². The molecule has 0 aliphatic rings. The van der Waals surface area contributed by atoms with Crippen LogP contribution < -0.4 is 5.32 Å². The minimum Gasteiger partial charge on any atom is -0.357 e. The number of thioether (sulfide) groups is 1. The number of alkyl halides is 2. The van der Waals surface area contributed by atoms with Crippen LogP contribution in [0.4, 0.5) is 13.9 Å². The van der Waals surface area contributed by atoms with Gasteiger partial charge in [0, 0.05) is 18.9 Å². The second-order valence-corrected chi connectivity index (χ2v) is 5.56. The van der Waals surface area contributed by atoms with Crippen molar-refractivity contribution in [3.63, 3.8) is 0 Å². The van der Waals surface area contributed by atoms with E-state index in [0.29, 0.717) is 27.6 Å². The molecule has 2 aromatic heterocycles. The zero-order valence-corrected chi connectivity index (χ0v) is 11.4. The maximum absolute atomic E-state index is 12.6. The van der Waals surface area contributed by atoms with Gasteiger partial charge >= 0.3 is 6.55 Å². The lowest BCUT2D eigenvalue weighted by molar-refractivity contribution is 0.0678. The monoisotopic (exact) mass is 303 g/mol. The maximum atomic E-state index is 12.6. The van der Waals surface area contributed by atoms with Crippen LogP contribution in [0.1, 0.15) is 12.4 Å². The molecular weight excluding hydrogens is 292 g/mol. The Morgan fingerprint density at radius 1 is 1.53 bits per heavy atom. The molecule has 2 heterocycles. The summed E-state index contributed by atoms with van der Waals surface area (Å²) in [6.45, 7) is 1.62. The first-order valence-corrected chi connectivity index (χ1v) is 7.12. The summed E-state index contributed by atoms with van der Waals surface area (Å²) < 4.78 is 26.7. The lowest BCUT2D eigenvalue weighted by Crippen LogP contribution is -2.01. The van der Waals surface area contributed by atoms with Gasteiger partial charge in [0.2, 0.25) is 5.13 Å². The van der Waals surface area contributed by atoms with E-state index in [1.807, 2.05) is 0 Å². The molecule has 0 radical (unpaired) electrons. The van der Waals surface area contributed by atoms with Crippen molar-refractivity contribution >= 4 is 28.2 Å². The molecule has 0 saturated carbocycles. The van der Waals surface area contributed by atoms with E-state index < -0.39 is 6.55 Å². The Morgan fingerprint density at radius 2 is 2.37 bits per heavy atom. The van der Waals surface area contributed by atoms with E-state index in [-0.39, 0.29) is 0 Å². The molecular formula is C10H11F2N5S2. The summed E-state index contributed by atoms with van der Waals surface area (Å²) in [7, 11) is 0. The quantitative estimate of drug-likeness (QED) is 0.629. The Kier molecular flexibility index (Phi) is 4.86. The van der Waals surface area contributed by atoms with Gasteiger partial charge in [-0.15, -0.1) is 16.8 Å². The fourth-order valence-corrected chi connectivity index (χ4v) is 2.97. The third-order valence-electron chi connectivity index (χ3n) is 2.09. The molecule has 9 heteroatoms. The van der Waals surface area contributed by atoms with Gasteiger partial charge in [0.25, 0.3) is 0 Å². The number of nitrogens with one attached hydrogen (secondary N) is 1. The highest BCUT2D eigenvalue weighted by Crippen LogP contribution is 2.28. The second-order valence-electron chi connectivity index (χ2n) is 3.36. The number of hydrogen-bond donors (Lipinski definition) is 1. The van der Waals surface area contributed by atoms with E-state index in [4.69, 9.17) is 0 Å². The molecule has 0 bridgehead atoms. The fourth-order valence-electron chi connectivity index (χ4n) is 1.26. The fraction of sp³-hybridized carbons (Fsp3) is 0.300. The molecule has 0 spiro atoms. The average Bonchev–Trinajstić information content (AvgIpc) is 3.02. The van der Waals surface area contributed by atoms with Crippen LogP contribution in [-0.4, -0.2) is 26.3 Å². The molecule has 0 atom stereocenters. The molecule has 5 nitrogen and oxygen atoms in total. The van der Waals surface area contributed by atoms with Gasteiger partial charge in [-0.3, -0.25) is 4.57 Å². The van der Waals surface area contributed by atoms with Crippen molar-refractivity contribution in [2.75, 3.05) is 11.9 Å². The van der Waals surface area contributed by atoms with Gasteiger partial charge in [0.1, 0.15) is 5.82 Å². The van der Waals surface area contributed by atoms with Crippen molar-refractivity contribution in [2.24, 2.45) is 0 Å². The molecule has 0 saturated heterocycles. The SMILES string of the molecule is C=CCNc1nnc(SCc2nccn2C(F)F)s1. The number of imidazole rings is 1. The summed E-state index contributed by atoms with van der Waals surface area (Å²) >= 11 is 2.69. The molecule has 2 rings (SSSR count). The minimum atomic E-state index is -2.57. The largest absolute Gasteiger partial charge is 0.357 e. The summed E-state index contributed by atoms with van der Waals surface area (Å²) in [6, 6.07) is 0. The topological polar surface area (TPSA) is 55.6 Å². The third kappa shape index (κ3) is 3.74. The first-order valence-electron chi connectivity index (χ1n) is 5.31. The predicted molar refractivity (Wildman–Crippen MR) is 71.6 cm³/mol. The van der Waals surface area contributed by atoms with Crippen molar-refractivity contribution in [3.05, 3.63) is 30.9 Å². The Hall–Kier alpha value is -1.48. The number of aromatic nitrogens is 4. The Labute approximate surface area is 116 Å². The average molecular weight is 303 g/mol. The minimum absolute atomic E-state index is 0.316. The summed E-state index contributed by atoms with van der Waals surface area (Å²) in [6.07, 6.45) is 4.34. The van der Waals surface area contributed by atoms with Crippen LogP contribution in [0.25, 0.3) is 0 Å². The summed E-state index contributed by atoms with van der Waals surface area (Å²) in [5.41, 5.74) is 0. The standard InChI is InChI=1S/C10H11F2N5S2/c1-2-3-14-9-15-16-10(19-9)18-6-7-13-4-5-17(7)8(11)12/h2,4-5,8H,1,3,6H2,(H,14,15). The van der Waals surface area contributed by atoms with E-state index in [9.17, 15) is 8.78 Å². The number of anilines is 1. The molecule has 0 aromatic carbocycles. The first-order chi connectivity index (χ1) is 9.20. The highest BCUT2D eigenvalue weighted by molar-refractivity contribution is 8.00. The van der Waals surface area contributed by atoms with Crippen LogP contribution >= 0.6 is 23.1 Å². The van der Waals surface area contributed by atoms with E-state index in [1.54, 1.807) is 6.08 Å². The van der Waals surface area contributed by atoms with Crippen molar-refractivity contribution in [3.8, 4) is 0 Å². The zero-order chi connectivity index (χ0) is 13.7. The van der Waals surface area contributed by atoms with E-state index in [1.165, 1.54) is 35.5 Å². The van der Waals surface area contributed by atoms with Crippen molar-refractivity contribution in [1.29, 1.82) is 0 Å². The first kappa shape index (κ1) is 13.9. The molecule has 0 fully saturated rings. The number of hydrogen-bond acceptors (Lipinski definition) is 6. The van der Waals surface area contributed by atoms with Crippen LogP contribution in [0.3, 0.4) is 0 Å². The predicted octanol–water partition coefficient (Wildman–Crippen LogP) is 3.02. The Bertz CT molecular complexity index is 540. The normalized spacial score (nSPS) is 10.9. The molecule has 0 amide bonds. The molecule has 19 heavy (non-hydrogen) atoms. The van der Waals surface area contributed by atoms with Gasteiger partial charge in [0.05, 0.1) is 5.75 Å². The molecule has 0 unspecified atom stereocenters. The van der Waals surface area contributed by atoms with Crippen LogP contribution in [0, 0.1) is 0 Å². The molecule has 102 valence electrons. The van der Waals surface area contributed by atoms with Crippen LogP contribution in [-0.2, 0) is 5.75 Å².